The van der Waals surface area contributed by atoms with Crippen molar-refractivity contribution in [3.8, 4) is 5.88 Å². The number of hydrogen-bond acceptors (Lipinski definition) is 5. The van der Waals surface area contributed by atoms with E-state index >= 15 is 0 Å². The standard InChI is InChI=1S/C11H15N3O2/c1-7-5-12-6-8(7)10(15)9-11(16-2)14-4-3-13-9/h3-4,7-8,12H,5-6H2,1-2H3. The maximum absolute atomic E-state index is 12.2. The molecule has 1 aliphatic rings. The first-order chi connectivity index (χ1) is 7.74. The van der Waals surface area contributed by atoms with E-state index in [2.05, 4.69) is 22.2 Å². The largest absolute Gasteiger partial charge is 0.479 e. The van der Waals surface area contributed by atoms with Crippen LogP contribution in [0.25, 0.3) is 0 Å². The Morgan fingerprint density at radius 2 is 2.19 bits per heavy atom. The number of hydrogen-bond donors (Lipinski definition) is 1. The van der Waals surface area contributed by atoms with Crippen LogP contribution in [-0.4, -0.2) is 36.0 Å². The van der Waals surface area contributed by atoms with Gasteiger partial charge in [-0.1, -0.05) is 6.92 Å². The van der Waals surface area contributed by atoms with Crippen molar-refractivity contribution in [3.63, 3.8) is 0 Å². The molecule has 1 aliphatic heterocycles. The summed E-state index contributed by atoms with van der Waals surface area (Å²) in [5.41, 5.74) is 0.338. The molecule has 1 aromatic rings. The van der Waals surface area contributed by atoms with E-state index in [0.717, 1.165) is 6.54 Å². The van der Waals surface area contributed by atoms with Crippen LogP contribution in [0.15, 0.2) is 12.4 Å². The van der Waals surface area contributed by atoms with Gasteiger partial charge in [0.05, 0.1) is 7.11 Å². The summed E-state index contributed by atoms with van der Waals surface area (Å²) in [5, 5.41) is 3.20. The summed E-state index contributed by atoms with van der Waals surface area (Å²) in [6, 6.07) is 0. The van der Waals surface area contributed by atoms with E-state index in [4.69, 9.17) is 4.74 Å². The SMILES string of the molecule is COc1nccnc1C(=O)C1CNCC1C. The van der Waals surface area contributed by atoms with Gasteiger partial charge in [0.1, 0.15) is 0 Å². The lowest BCUT2D eigenvalue weighted by atomic mass is 9.92. The molecular formula is C11H15N3O2. The molecule has 1 fully saturated rings. The van der Waals surface area contributed by atoms with Gasteiger partial charge in [0.25, 0.3) is 0 Å². The summed E-state index contributed by atoms with van der Waals surface area (Å²) in [6.45, 7) is 3.64. The van der Waals surface area contributed by atoms with E-state index in [0.29, 0.717) is 24.0 Å². The molecule has 1 N–H and O–H groups in total. The number of carbonyl (C=O) groups is 1. The zero-order valence-electron chi connectivity index (χ0n) is 9.43. The maximum atomic E-state index is 12.2. The van der Waals surface area contributed by atoms with Crippen LogP contribution in [0.3, 0.4) is 0 Å². The molecule has 0 radical (unpaired) electrons. The highest BCUT2D eigenvalue weighted by molar-refractivity contribution is 5.98. The van der Waals surface area contributed by atoms with Gasteiger partial charge in [0, 0.05) is 24.9 Å². The summed E-state index contributed by atoms with van der Waals surface area (Å²) in [6.07, 6.45) is 3.04. The van der Waals surface area contributed by atoms with Crippen LogP contribution >= 0.6 is 0 Å². The summed E-state index contributed by atoms with van der Waals surface area (Å²) < 4.78 is 5.05. The second-order valence-corrected chi connectivity index (χ2v) is 4.02. The first kappa shape index (κ1) is 11.0. The molecule has 2 rings (SSSR count). The molecule has 0 spiro atoms. The molecule has 0 saturated carbocycles. The van der Waals surface area contributed by atoms with Crippen LogP contribution in [0.2, 0.25) is 0 Å². The molecule has 5 nitrogen and oxygen atoms in total. The van der Waals surface area contributed by atoms with Crippen molar-refractivity contribution in [1.29, 1.82) is 0 Å². The Morgan fingerprint density at radius 3 is 2.81 bits per heavy atom. The predicted molar refractivity (Wildman–Crippen MR) is 58.4 cm³/mol. The van der Waals surface area contributed by atoms with Crippen LogP contribution in [0.5, 0.6) is 5.88 Å². The van der Waals surface area contributed by atoms with Gasteiger partial charge in [-0.2, -0.15) is 0 Å². The minimum atomic E-state index is -0.0226. The third-order valence-electron chi connectivity index (χ3n) is 2.95. The minimum Gasteiger partial charge on any atom is -0.479 e. The maximum Gasteiger partial charge on any atom is 0.243 e. The summed E-state index contributed by atoms with van der Waals surface area (Å²) in [7, 11) is 1.50. The van der Waals surface area contributed by atoms with Gasteiger partial charge in [-0.05, 0) is 12.5 Å². The van der Waals surface area contributed by atoms with E-state index in [-0.39, 0.29) is 11.7 Å². The third-order valence-corrected chi connectivity index (χ3v) is 2.95. The number of nitrogens with zero attached hydrogens (tertiary/aromatic N) is 2. The fraction of sp³-hybridized carbons (Fsp3) is 0.545. The zero-order valence-corrected chi connectivity index (χ0v) is 9.43. The fourth-order valence-corrected chi connectivity index (χ4v) is 1.98. The molecular weight excluding hydrogens is 206 g/mol. The predicted octanol–water partition coefficient (Wildman–Crippen LogP) is 0.523. The van der Waals surface area contributed by atoms with Crippen LogP contribution in [0.1, 0.15) is 17.4 Å². The number of carbonyl (C=O) groups excluding carboxylic acids is 1. The average molecular weight is 221 g/mol. The van der Waals surface area contributed by atoms with Crippen molar-refractivity contribution < 1.29 is 9.53 Å². The Hall–Kier alpha value is -1.49. The Kier molecular flexibility index (Phi) is 3.14. The van der Waals surface area contributed by atoms with Crippen molar-refractivity contribution >= 4 is 5.78 Å². The first-order valence-corrected chi connectivity index (χ1v) is 5.34. The van der Waals surface area contributed by atoms with Gasteiger partial charge in [0.2, 0.25) is 5.88 Å². The van der Waals surface area contributed by atoms with Gasteiger partial charge in [0.15, 0.2) is 11.5 Å². The summed E-state index contributed by atoms with van der Waals surface area (Å²) in [5.74, 6) is 0.638. The molecule has 1 aromatic heterocycles. The normalized spacial score (nSPS) is 24.4. The van der Waals surface area contributed by atoms with Crippen LogP contribution in [0, 0.1) is 11.8 Å². The zero-order chi connectivity index (χ0) is 11.5. The molecule has 0 bridgehead atoms. The minimum absolute atomic E-state index is 0.0162. The lowest BCUT2D eigenvalue weighted by Crippen LogP contribution is -2.23. The third kappa shape index (κ3) is 1.90. The highest BCUT2D eigenvalue weighted by atomic mass is 16.5. The van der Waals surface area contributed by atoms with Gasteiger partial charge in [-0.3, -0.25) is 4.79 Å². The highest BCUT2D eigenvalue weighted by Crippen LogP contribution is 2.23. The van der Waals surface area contributed by atoms with E-state index in [1.807, 2.05) is 0 Å². The van der Waals surface area contributed by atoms with Crippen molar-refractivity contribution in [2.24, 2.45) is 11.8 Å². The molecule has 5 heteroatoms. The Morgan fingerprint density at radius 1 is 1.44 bits per heavy atom. The highest BCUT2D eigenvalue weighted by Gasteiger charge is 2.32. The second kappa shape index (κ2) is 4.57. The molecule has 86 valence electrons. The first-order valence-electron chi connectivity index (χ1n) is 5.34. The average Bonchev–Trinajstić information content (AvgIpc) is 2.74. The van der Waals surface area contributed by atoms with Crippen molar-refractivity contribution in [1.82, 2.24) is 15.3 Å². The molecule has 0 aromatic carbocycles. The monoisotopic (exact) mass is 221 g/mol. The summed E-state index contributed by atoms with van der Waals surface area (Å²) >= 11 is 0. The van der Waals surface area contributed by atoms with E-state index in [1.54, 1.807) is 0 Å². The Labute approximate surface area is 94.2 Å². The number of rotatable bonds is 3. The smallest absolute Gasteiger partial charge is 0.243 e. The van der Waals surface area contributed by atoms with Crippen LogP contribution in [-0.2, 0) is 0 Å². The molecule has 16 heavy (non-hydrogen) atoms. The Balaban J connectivity index is 2.26. The van der Waals surface area contributed by atoms with Gasteiger partial charge in [-0.25, -0.2) is 9.97 Å². The van der Waals surface area contributed by atoms with Gasteiger partial charge >= 0.3 is 0 Å². The molecule has 2 atom stereocenters. The van der Waals surface area contributed by atoms with E-state index in [9.17, 15) is 4.79 Å². The van der Waals surface area contributed by atoms with E-state index < -0.39 is 0 Å². The van der Waals surface area contributed by atoms with E-state index in [1.165, 1.54) is 19.5 Å². The summed E-state index contributed by atoms with van der Waals surface area (Å²) in [4.78, 5) is 20.3. The number of ether oxygens (including phenoxy) is 1. The number of aromatic nitrogens is 2. The van der Waals surface area contributed by atoms with Crippen molar-refractivity contribution in [3.05, 3.63) is 18.1 Å². The molecule has 1 saturated heterocycles. The molecule has 0 amide bonds. The molecule has 2 heterocycles. The fourth-order valence-electron chi connectivity index (χ4n) is 1.98. The molecule has 0 aliphatic carbocycles. The number of Topliss-reactive ketones (excluding diaryl/α,β-unsaturated/α-hetero) is 1. The topological polar surface area (TPSA) is 64.1 Å². The van der Waals surface area contributed by atoms with Crippen LogP contribution < -0.4 is 10.1 Å². The molecule has 2 unspecified atom stereocenters. The second-order valence-electron chi connectivity index (χ2n) is 4.02. The quantitative estimate of drug-likeness (QED) is 0.754. The number of nitrogens with one attached hydrogen (secondary N) is 1. The van der Waals surface area contributed by atoms with Crippen molar-refractivity contribution in [2.45, 2.75) is 6.92 Å². The van der Waals surface area contributed by atoms with Gasteiger partial charge in [-0.15, -0.1) is 0 Å². The lowest BCUT2D eigenvalue weighted by Gasteiger charge is -2.13. The lowest BCUT2D eigenvalue weighted by molar-refractivity contribution is 0.0898. The van der Waals surface area contributed by atoms with Gasteiger partial charge < -0.3 is 10.1 Å². The number of ketones is 1. The number of methoxy groups -OCH3 is 1. The van der Waals surface area contributed by atoms with Crippen LogP contribution in [0.4, 0.5) is 0 Å². The Bertz CT molecular complexity index is 395. The van der Waals surface area contributed by atoms with Crippen molar-refractivity contribution in [2.75, 3.05) is 20.2 Å².